The fourth-order valence-corrected chi connectivity index (χ4v) is 8.38. The predicted octanol–water partition coefficient (Wildman–Crippen LogP) is 8.37. The van der Waals surface area contributed by atoms with E-state index < -0.39 is 0 Å². The van der Waals surface area contributed by atoms with E-state index in [1.54, 1.807) is 0 Å². The Hall–Kier alpha value is -4.36. The molecule has 9 rings (SSSR count). The molecule has 40 heavy (non-hydrogen) atoms. The molecule has 4 aliphatic carbocycles. The molecule has 4 bridgehead atoms. The van der Waals surface area contributed by atoms with E-state index in [9.17, 15) is 5.26 Å². The Kier molecular flexibility index (Phi) is 5.35. The van der Waals surface area contributed by atoms with Crippen molar-refractivity contribution < 1.29 is 0 Å². The molecule has 0 spiro atoms. The summed E-state index contributed by atoms with van der Waals surface area (Å²) >= 11 is 0. The molecule has 0 N–H and O–H groups in total. The van der Waals surface area contributed by atoms with E-state index in [4.69, 9.17) is 15.0 Å². The first kappa shape index (κ1) is 23.5. The predicted molar refractivity (Wildman–Crippen MR) is 158 cm³/mol. The molecule has 5 aromatic rings. The zero-order valence-electron chi connectivity index (χ0n) is 22.4. The van der Waals surface area contributed by atoms with Crippen molar-refractivity contribution in [3.63, 3.8) is 0 Å². The van der Waals surface area contributed by atoms with Gasteiger partial charge in [-0.15, -0.1) is 0 Å². The molecular weight excluding hydrogens is 488 g/mol. The van der Waals surface area contributed by atoms with Gasteiger partial charge in [0.05, 0.1) is 11.6 Å². The van der Waals surface area contributed by atoms with E-state index in [1.165, 1.54) is 44.1 Å². The summed E-state index contributed by atoms with van der Waals surface area (Å²) < 4.78 is 0. The molecular formula is C36H30N4. The van der Waals surface area contributed by atoms with Gasteiger partial charge in [-0.1, -0.05) is 84.9 Å². The van der Waals surface area contributed by atoms with Gasteiger partial charge in [-0.3, -0.25) is 0 Å². The third-order valence-electron chi connectivity index (χ3n) is 9.74. The average molecular weight is 519 g/mol. The molecule has 4 fully saturated rings. The van der Waals surface area contributed by atoms with Crippen LogP contribution in [0, 0.1) is 29.1 Å². The largest absolute Gasteiger partial charge is 0.208 e. The van der Waals surface area contributed by atoms with Crippen LogP contribution < -0.4 is 0 Å². The Morgan fingerprint density at radius 3 is 1.80 bits per heavy atom. The van der Waals surface area contributed by atoms with Crippen LogP contribution in [-0.4, -0.2) is 15.0 Å². The maximum absolute atomic E-state index is 9.68. The lowest BCUT2D eigenvalue weighted by Gasteiger charge is -2.57. The second kappa shape index (κ2) is 9.10. The van der Waals surface area contributed by atoms with Gasteiger partial charge < -0.3 is 0 Å². The summed E-state index contributed by atoms with van der Waals surface area (Å²) in [6.45, 7) is 0. The minimum absolute atomic E-state index is 0.369. The van der Waals surface area contributed by atoms with Crippen LogP contribution in [-0.2, 0) is 5.41 Å². The topological polar surface area (TPSA) is 62.5 Å². The van der Waals surface area contributed by atoms with Crippen LogP contribution in [0.1, 0.15) is 49.7 Å². The summed E-state index contributed by atoms with van der Waals surface area (Å²) in [4.78, 5) is 14.9. The quantitative estimate of drug-likeness (QED) is 0.240. The monoisotopic (exact) mass is 518 g/mol. The highest BCUT2D eigenvalue weighted by Gasteiger charge is 2.51. The van der Waals surface area contributed by atoms with Gasteiger partial charge in [0.1, 0.15) is 0 Å². The number of nitriles is 1. The van der Waals surface area contributed by atoms with Crippen LogP contribution in [0.15, 0.2) is 91.0 Å². The van der Waals surface area contributed by atoms with Crippen LogP contribution in [0.3, 0.4) is 0 Å². The minimum Gasteiger partial charge on any atom is -0.208 e. The van der Waals surface area contributed by atoms with Gasteiger partial charge in [0.25, 0.3) is 0 Å². The summed E-state index contributed by atoms with van der Waals surface area (Å²) in [5.74, 6) is 4.72. The Bertz CT molecular complexity index is 1750. The number of rotatable bonds is 4. The van der Waals surface area contributed by atoms with Crippen molar-refractivity contribution in [2.75, 3.05) is 0 Å². The summed E-state index contributed by atoms with van der Waals surface area (Å²) in [6.07, 6.45) is 8.44. The van der Waals surface area contributed by atoms with Gasteiger partial charge in [0.15, 0.2) is 17.5 Å². The van der Waals surface area contributed by atoms with Gasteiger partial charge in [0.2, 0.25) is 0 Å². The van der Waals surface area contributed by atoms with Crippen molar-refractivity contribution in [1.29, 1.82) is 5.26 Å². The maximum atomic E-state index is 9.68. The van der Waals surface area contributed by atoms with Crippen LogP contribution in [0.4, 0.5) is 0 Å². The maximum Gasteiger partial charge on any atom is 0.164 e. The van der Waals surface area contributed by atoms with Gasteiger partial charge in [-0.2, -0.15) is 5.26 Å². The zero-order chi connectivity index (χ0) is 26.7. The Morgan fingerprint density at radius 1 is 0.575 bits per heavy atom. The number of aromatic nitrogens is 3. The summed E-state index contributed by atoms with van der Waals surface area (Å²) in [7, 11) is 0. The SMILES string of the molecule is N#Cc1cccc2c(-c3nc(-c4ccccc4)nc(-c4ccc(C56C[C@H]7C[C@H](C5)C[C@@H](C6)C7)cc4)n3)cccc12. The Balaban J connectivity index is 1.24. The first-order valence-corrected chi connectivity index (χ1v) is 14.5. The highest BCUT2D eigenvalue weighted by atomic mass is 15.0. The van der Waals surface area contributed by atoms with Crippen molar-refractivity contribution in [2.45, 2.75) is 43.9 Å². The first-order chi connectivity index (χ1) is 19.7. The first-order valence-electron chi connectivity index (χ1n) is 14.5. The molecule has 194 valence electrons. The zero-order valence-corrected chi connectivity index (χ0v) is 22.4. The van der Waals surface area contributed by atoms with Crippen LogP contribution >= 0.6 is 0 Å². The Morgan fingerprint density at radius 2 is 1.15 bits per heavy atom. The molecule has 0 atom stereocenters. The molecule has 0 saturated heterocycles. The van der Waals surface area contributed by atoms with Crippen molar-refractivity contribution in [3.05, 3.63) is 102 Å². The summed E-state index contributed by atoms with van der Waals surface area (Å²) in [5, 5.41) is 11.6. The van der Waals surface area contributed by atoms with E-state index in [0.717, 1.165) is 45.2 Å². The van der Waals surface area contributed by atoms with E-state index in [1.807, 2.05) is 66.7 Å². The van der Waals surface area contributed by atoms with Crippen molar-refractivity contribution in [2.24, 2.45) is 17.8 Å². The lowest BCUT2D eigenvalue weighted by molar-refractivity contribution is -0.00518. The van der Waals surface area contributed by atoms with Crippen LogP contribution in [0.5, 0.6) is 0 Å². The van der Waals surface area contributed by atoms with Crippen LogP contribution in [0.2, 0.25) is 0 Å². The fraction of sp³-hybridized carbons (Fsp3) is 0.278. The molecule has 1 aromatic heterocycles. The molecule has 0 unspecified atom stereocenters. The number of benzene rings is 4. The van der Waals surface area contributed by atoms with Gasteiger partial charge in [0, 0.05) is 22.1 Å². The molecule has 0 radical (unpaired) electrons. The minimum atomic E-state index is 0.369. The fourth-order valence-electron chi connectivity index (χ4n) is 8.38. The van der Waals surface area contributed by atoms with Crippen molar-refractivity contribution in [3.8, 4) is 40.2 Å². The second-order valence-electron chi connectivity index (χ2n) is 12.3. The highest BCUT2D eigenvalue weighted by Crippen LogP contribution is 2.60. The normalized spacial score (nSPS) is 24.7. The second-order valence-corrected chi connectivity index (χ2v) is 12.3. The summed E-state index contributed by atoms with van der Waals surface area (Å²) in [6, 6.07) is 33.4. The van der Waals surface area contributed by atoms with E-state index in [2.05, 4.69) is 30.3 Å². The van der Waals surface area contributed by atoms with E-state index in [0.29, 0.717) is 28.5 Å². The molecule has 4 aliphatic rings. The van der Waals surface area contributed by atoms with Gasteiger partial charge >= 0.3 is 0 Å². The van der Waals surface area contributed by atoms with Crippen molar-refractivity contribution >= 4 is 10.8 Å². The molecule has 1 heterocycles. The standard InChI is InChI=1S/C36H30N4/c37-22-28-8-4-10-31-30(28)9-5-11-32(31)35-39-33(26-6-2-1-3-7-26)38-34(40-35)27-12-14-29(15-13-27)36-19-23-16-24(20-36)18-25(17-23)21-36/h1-15,23-25H,16-21H2/t23-,24-,25-,36?. The molecule has 0 aliphatic heterocycles. The molecule has 0 amide bonds. The highest BCUT2D eigenvalue weighted by molar-refractivity contribution is 5.98. The summed E-state index contributed by atoms with van der Waals surface area (Å²) in [5.41, 5.74) is 5.39. The molecule has 4 heteroatoms. The van der Waals surface area contributed by atoms with Crippen molar-refractivity contribution in [1.82, 2.24) is 15.0 Å². The number of nitrogens with zero attached hydrogens (tertiary/aromatic N) is 4. The lowest BCUT2D eigenvalue weighted by atomic mass is 9.48. The van der Waals surface area contributed by atoms with Gasteiger partial charge in [-0.05, 0) is 78.7 Å². The molecule has 4 nitrogen and oxygen atoms in total. The van der Waals surface area contributed by atoms with Crippen LogP contribution in [0.25, 0.3) is 44.9 Å². The third-order valence-corrected chi connectivity index (χ3v) is 9.74. The third kappa shape index (κ3) is 3.84. The number of hydrogen-bond acceptors (Lipinski definition) is 4. The smallest absolute Gasteiger partial charge is 0.164 e. The molecule has 4 aromatic carbocycles. The lowest BCUT2D eigenvalue weighted by Crippen LogP contribution is -2.48. The Labute approximate surface area is 234 Å². The number of hydrogen-bond donors (Lipinski definition) is 0. The average Bonchev–Trinajstić information content (AvgIpc) is 3.00. The van der Waals surface area contributed by atoms with E-state index in [-0.39, 0.29) is 0 Å². The number of fused-ring (bicyclic) bond motifs is 1. The van der Waals surface area contributed by atoms with Gasteiger partial charge in [-0.25, -0.2) is 15.0 Å². The van der Waals surface area contributed by atoms with E-state index >= 15 is 0 Å². The molecule has 4 saturated carbocycles.